The molecule has 3 rings (SSSR count). The number of carbonyl (C=O) groups excluding carboxylic acids is 1. The minimum Gasteiger partial charge on any atom is -0.370 e. The van der Waals surface area contributed by atoms with Crippen molar-refractivity contribution in [3.63, 3.8) is 0 Å². The summed E-state index contributed by atoms with van der Waals surface area (Å²) in [6.45, 7) is 6.16. The molecule has 1 aliphatic rings. The maximum atomic E-state index is 10.9. The van der Waals surface area contributed by atoms with Crippen LogP contribution in [0.2, 0.25) is 0 Å². The summed E-state index contributed by atoms with van der Waals surface area (Å²) in [5, 5.41) is 3.44. The molecular weight excluding hydrogens is 326 g/mol. The summed E-state index contributed by atoms with van der Waals surface area (Å²) in [5.41, 5.74) is 1.01. The summed E-state index contributed by atoms with van der Waals surface area (Å²) in [6.07, 6.45) is 4.47. The predicted octanol–water partition coefficient (Wildman–Crippen LogP) is 3.02. The smallest absolute Gasteiger partial charge is 0.209 e. The van der Waals surface area contributed by atoms with E-state index in [9.17, 15) is 4.79 Å². The quantitative estimate of drug-likeness (QED) is 0.584. The Kier molecular flexibility index (Phi) is 6.41. The second-order valence-electron chi connectivity index (χ2n) is 6.56. The van der Waals surface area contributed by atoms with Gasteiger partial charge in [-0.05, 0) is 6.42 Å². The van der Waals surface area contributed by atoms with Crippen molar-refractivity contribution in [3.05, 3.63) is 36.4 Å². The van der Waals surface area contributed by atoms with Gasteiger partial charge < -0.3 is 15.1 Å². The SMILES string of the molecule is CCCCCNc1cc(N2CCN(C=O)CC2)nc(-c2ccccc2)n1. The average molecular weight is 353 g/mol. The van der Waals surface area contributed by atoms with Gasteiger partial charge in [-0.3, -0.25) is 4.79 Å². The zero-order valence-electron chi connectivity index (χ0n) is 15.4. The Labute approximate surface area is 155 Å². The van der Waals surface area contributed by atoms with E-state index in [4.69, 9.17) is 9.97 Å². The third kappa shape index (κ3) is 4.71. The van der Waals surface area contributed by atoms with Crippen LogP contribution in [0, 0.1) is 0 Å². The van der Waals surface area contributed by atoms with Crippen molar-refractivity contribution >= 4 is 18.0 Å². The maximum Gasteiger partial charge on any atom is 0.209 e. The number of amides is 1. The molecule has 26 heavy (non-hydrogen) atoms. The number of aromatic nitrogens is 2. The molecule has 1 fully saturated rings. The van der Waals surface area contributed by atoms with Gasteiger partial charge in [-0.1, -0.05) is 50.1 Å². The molecule has 6 nitrogen and oxygen atoms in total. The Bertz CT molecular complexity index is 699. The lowest BCUT2D eigenvalue weighted by atomic mass is 10.2. The number of hydrogen-bond donors (Lipinski definition) is 1. The summed E-state index contributed by atoms with van der Waals surface area (Å²) in [5.74, 6) is 2.52. The van der Waals surface area contributed by atoms with Gasteiger partial charge in [-0.25, -0.2) is 9.97 Å². The molecule has 1 aromatic carbocycles. The molecule has 1 saturated heterocycles. The number of carbonyl (C=O) groups is 1. The molecule has 0 aliphatic carbocycles. The van der Waals surface area contributed by atoms with Gasteiger partial charge in [0, 0.05) is 44.4 Å². The van der Waals surface area contributed by atoms with Crippen molar-refractivity contribution in [1.29, 1.82) is 0 Å². The highest BCUT2D eigenvalue weighted by Gasteiger charge is 2.18. The molecule has 1 amide bonds. The van der Waals surface area contributed by atoms with E-state index in [1.165, 1.54) is 12.8 Å². The van der Waals surface area contributed by atoms with Crippen LogP contribution in [0.4, 0.5) is 11.6 Å². The summed E-state index contributed by atoms with van der Waals surface area (Å²) < 4.78 is 0. The van der Waals surface area contributed by atoms with Crippen LogP contribution in [0.5, 0.6) is 0 Å². The van der Waals surface area contributed by atoms with E-state index in [-0.39, 0.29) is 0 Å². The zero-order chi connectivity index (χ0) is 18.2. The van der Waals surface area contributed by atoms with E-state index < -0.39 is 0 Å². The van der Waals surface area contributed by atoms with E-state index in [0.717, 1.165) is 68.6 Å². The molecule has 0 radical (unpaired) electrons. The van der Waals surface area contributed by atoms with Crippen LogP contribution in [-0.2, 0) is 4.79 Å². The first kappa shape index (κ1) is 18.2. The number of unbranched alkanes of at least 4 members (excludes halogenated alkanes) is 2. The van der Waals surface area contributed by atoms with Crippen LogP contribution in [-0.4, -0.2) is 54.0 Å². The number of hydrogen-bond acceptors (Lipinski definition) is 5. The Morgan fingerprint density at radius 1 is 1.08 bits per heavy atom. The lowest BCUT2D eigenvalue weighted by Crippen LogP contribution is -2.46. The number of benzene rings is 1. The molecule has 2 aromatic rings. The van der Waals surface area contributed by atoms with Crippen molar-refractivity contribution in [2.45, 2.75) is 26.2 Å². The second-order valence-corrected chi connectivity index (χ2v) is 6.56. The van der Waals surface area contributed by atoms with Crippen molar-refractivity contribution < 1.29 is 4.79 Å². The molecule has 1 aliphatic heterocycles. The summed E-state index contributed by atoms with van der Waals surface area (Å²) >= 11 is 0. The molecule has 138 valence electrons. The summed E-state index contributed by atoms with van der Waals surface area (Å²) in [4.78, 5) is 24.5. The lowest BCUT2D eigenvalue weighted by Gasteiger charge is -2.33. The molecule has 2 heterocycles. The third-order valence-electron chi connectivity index (χ3n) is 4.62. The van der Waals surface area contributed by atoms with Crippen LogP contribution in [0.3, 0.4) is 0 Å². The Hall–Kier alpha value is -2.63. The molecule has 1 N–H and O–H groups in total. The van der Waals surface area contributed by atoms with E-state index in [1.54, 1.807) is 4.90 Å². The van der Waals surface area contributed by atoms with Gasteiger partial charge >= 0.3 is 0 Å². The highest BCUT2D eigenvalue weighted by atomic mass is 16.1. The Balaban J connectivity index is 1.81. The molecule has 0 saturated carbocycles. The average Bonchev–Trinajstić information content (AvgIpc) is 2.72. The zero-order valence-corrected chi connectivity index (χ0v) is 15.4. The molecule has 0 bridgehead atoms. The van der Waals surface area contributed by atoms with Crippen molar-refractivity contribution in [2.24, 2.45) is 0 Å². The number of piperazine rings is 1. The van der Waals surface area contributed by atoms with Crippen LogP contribution >= 0.6 is 0 Å². The van der Waals surface area contributed by atoms with E-state index in [0.29, 0.717) is 0 Å². The number of nitrogens with zero attached hydrogens (tertiary/aromatic N) is 4. The highest BCUT2D eigenvalue weighted by molar-refractivity contribution is 5.62. The largest absolute Gasteiger partial charge is 0.370 e. The van der Waals surface area contributed by atoms with Gasteiger partial charge in [-0.15, -0.1) is 0 Å². The topological polar surface area (TPSA) is 61.4 Å². The van der Waals surface area contributed by atoms with Crippen LogP contribution < -0.4 is 10.2 Å². The van der Waals surface area contributed by atoms with E-state index >= 15 is 0 Å². The van der Waals surface area contributed by atoms with Gasteiger partial charge in [0.25, 0.3) is 0 Å². The van der Waals surface area contributed by atoms with Gasteiger partial charge in [0.15, 0.2) is 5.82 Å². The van der Waals surface area contributed by atoms with Gasteiger partial charge in [0.1, 0.15) is 11.6 Å². The Morgan fingerprint density at radius 3 is 2.54 bits per heavy atom. The third-order valence-corrected chi connectivity index (χ3v) is 4.62. The number of rotatable bonds is 8. The van der Waals surface area contributed by atoms with Crippen molar-refractivity contribution in [3.8, 4) is 11.4 Å². The maximum absolute atomic E-state index is 10.9. The molecule has 0 atom stereocenters. The minimum atomic E-state index is 0.730. The second kappa shape index (κ2) is 9.17. The number of anilines is 2. The fraction of sp³-hybridized carbons (Fsp3) is 0.450. The van der Waals surface area contributed by atoms with Gasteiger partial charge in [-0.2, -0.15) is 0 Å². The number of nitrogens with one attached hydrogen (secondary N) is 1. The van der Waals surface area contributed by atoms with Gasteiger partial charge in [0.05, 0.1) is 0 Å². The first-order valence-corrected chi connectivity index (χ1v) is 9.43. The normalized spacial score (nSPS) is 14.3. The van der Waals surface area contributed by atoms with Crippen LogP contribution in [0.25, 0.3) is 11.4 Å². The molecular formula is C20H27N5O. The first-order valence-electron chi connectivity index (χ1n) is 9.43. The fourth-order valence-electron chi connectivity index (χ4n) is 3.05. The van der Waals surface area contributed by atoms with Crippen molar-refractivity contribution in [1.82, 2.24) is 14.9 Å². The summed E-state index contributed by atoms with van der Waals surface area (Å²) in [6, 6.07) is 12.1. The van der Waals surface area contributed by atoms with Gasteiger partial charge in [0.2, 0.25) is 6.41 Å². The lowest BCUT2D eigenvalue weighted by molar-refractivity contribution is -0.118. The molecule has 1 aromatic heterocycles. The minimum absolute atomic E-state index is 0.730. The predicted molar refractivity (Wildman–Crippen MR) is 105 cm³/mol. The van der Waals surface area contributed by atoms with E-state index in [2.05, 4.69) is 17.1 Å². The molecule has 6 heteroatoms. The van der Waals surface area contributed by atoms with Crippen LogP contribution in [0.15, 0.2) is 36.4 Å². The molecule has 0 spiro atoms. The fourth-order valence-corrected chi connectivity index (χ4v) is 3.05. The van der Waals surface area contributed by atoms with Crippen LogP contribution in [0.1, 0.15) is 26.2 Å². The van der Waals surface area contributed by atoms with E-state index in [1.807, 2.05) is 36.4 Å². The Morgan fingerprint density at radius 2 is 1.85 bits per heavy atom. The first-order chi connectivity index (χ1) is 12.8. The standard InChI is InChI=1S/C20H27N5O/c1-2-3-7-10-21-18-15-19(25-13-11-24(16-26)12-14-25)23-20(22-18)17-8-5-4-6-9-17/h4-6,8-9,15-16H,2-3,7,10-14H2,1H3,(H,21,22,23). The monoisotopic (exact) mass is 353 g/mol. The summed E-state index contributed by atoms with van der Waals surface area (Å²) in [7, 11) is 0. The highest BCUT2D eigenvalue weighted by Crippen LogP contribution is 2.23. The van der Waals surface area contributed by atoms with Crippen molar-refractivity contribution in [2.75, 3.05) is 42.9 Å². The molecule has 0 unspecified atom stereocenters.